The largest absolute Gasteiger partial charge is 0.383 e. The molecular weight excluding hydrogens is 294 g/mol. The molecule has 6 heteroatoms. The van der Waals surface area contributed by atoms with Crippen molar-refractivity contribution in [1.29, 1.82) is 0 Å². The maximum Gasteiger partial charge on any atom is 0.0934 e. The number of hydrogen-bond acceptors (Lipinski definition) is 4. The van der Waals surface area contributed by atoms with Gasteiger partial charge < -0.3 is 10.1 Å². The SMILES string of the molecule is COCCn1cc(NC2CCCc3sc(Cl)cc32)cn1. The monoisotopic (exact) mass is 311 g/mol. The number of thiophene rings is 1. The smallest absolute Gasteiger partial charge is 0.0934 e. The van der Waals surface area contributed by atoms with Crippen molar-refractivity contribution in [2.75, 3.05) is 19.0 Å². The van der Waals surface area contributed by atoms with Crippen molar-refractivity contribution < 1.29 is 4.74 Å². The van der Waals surface area contributed by atoms with Crippen LogP contribution in [-0.2, 0) is 17.7 Å². The first kappa shape index (κ1) is 13.9. The number of methoxy groups -OCH3 is 1. The minimum absolute atomic E-state index is 0.350. The molecule has 0 saturated heterocycles. The summed E-state index contributed by atoms with van der Waals surface area (Å²) in [5, 5.41) is 7.90. The summed E-state index contributed by atoms with van der Waals surface area (Å²) in [7, 11) is 1.70. The van der Waals surface area contributed by atoms with Gasteiger partial charge in [-0.3, -0.25) is 4.68 Å². The number of anilines is 1. The second kappa shape index (κ2) is 6.16. The van der Waals surface area contributed by atoms with Gasteiger partial charge in [0.05, 0.1) is 35.4 Å². The molecule has 0 amide bonds. The number of aromatic nitrogens is 2. The quantitative estimate of drug-likeness (QED) is 0.914. The van der Waals surface area contributed by atoms with Gasteiger partial charge in [-0.25, -0.2) is 0 Å². The Labute approximate surface area is 127 Å². The maximum absolute atomic E-state index is 6.14. The lowest BCUT2D eigenvalue weighted by Crippen LogP contribution is -2.15. The first-order valence-corrected chi connectivity index (χ1v) is 8.02. The first-order valence-electron chi connectivity index (χ1n) is 6.82. The van der Waals surface area contributed by atoms with Gasteiger partial charge in [0.1, 0.15) is 0 Å². The van der Waals surface area contributed by atoms with Crippen molar-refractivity contribution in [3.8, 4) is 0 Å². The molecule has 0 aliphatic heterocycles. The molecule has 0 saturated carbocycles. The number of ether oxygens (including phenoxy) is 1. The standard InChI is InChI=1S/C14H18ClN3OS/c1-19-6-5-18-9-10(8-16-18)17-12-3-2-4-13-11(12)7-14(15)20-13/h7-9,12,17H,2-6H2,1H3. The molecule has 1 unspecified atom stereocenters. The van der Waals surface area contributed by atoms with Crippen molar-refractivity contribution in [3.63, 3.8) is 0 Å². The van der Waals surface area contributed by atoms with Crippen molar-refractivity contribution in [3.05, 3.63) is 33.2 Å². The summed E-state index contributed by atoms with van der Waals surface area (Å²) >= 11 is 7.85. The molecule has 0 radical (unpaired) electrons. The Kier molecular flexibility index (Phi) is 4.29. The third-order valence-corrected chi connectivity index (χ3v) is 4.92. The van der Waals surface area contributed by atoms with Crippen molar-refractivity contribution >= 4 is 28.6 Å². The molecule has 108 valence electrons. The second-order valence-electron chi connectivity index (χ2n) is 5.00. The van der Waals surface area contributed by atoms with Crippen LogP contribution in [0.2, 0.25) is 4.34 Å². The van der Waals surface area contributed by atoms with Crippen molar-refractivity contribution in [1.82, 2.24) is 9.78 Å². The third kappa shape index (κ3) is 3.00. The van der Waals surface area contributed by atoms with E-state index in [-0.39, 0.29) is 0 Å². The van der Waals surface area contributed by atoms with Gasteiger partial charge in [0.25, 0.3) is 0 Å². The van der Waals surface area contributed by atoms with E-state index in [4.69, 9.17) is 16.3 Å². The Morgan fingerprint density at radius 3 is 3.35 bits per heavy atom. The van der Waals surface area contributed by atoms with Gasteiger partial charge in [-0.05, 0) is 30.9 Å². The minimum atomic E-state index is 0.350. The summed E-state index contributed by atoms with van der Waals surface area (Å²) in [5.41, 5.74) is 2.41. The minimum Gasteiger partial charge on any atom is -0.383 e. The average Bonchev–Trinajstić information content (AvgIpc) is 3.02. The van der Waals surface area contributed by atoms with Gasteiger partial charge in [-0.15, -0.1) is 11.3 Å². The van der Waals surface area contributed by atoms with Crippen LogP contribution in [0.1, 0.15) is 29.3 Å². The van der Waals surface area contributed by atoms with Crippen LogP contribution >= 0.6 is 22.9 Å². The zero-order valence-corrected chi connectivity index (χ0v) is 13.0. The Balaban J connectivity index is 1.70. The van der Waals surface area contributed by atoms with Crippen LogP contribution in [0.3, 0.4) is 0 Å². The summed E-state index contributed by atoms with van der Waals surface area (Å²) in [6.45, 7) is 1.45. The highest BCUT2D eigenvalue weighted by Crippen LogP contribution is 2.39. The number of fused-ring (bicyclic) bond motifs is 1. The summed E-state index contributed by atoms with van der Waals surface area (Å²) in [6.07, 6.45) is 7.40. The highest BCUT2D eigenvalue weighted by molar-refractivity contribution is 7.16. The molecule has 20 heavy (non-hydrogen) atoms. The summed E-state index contributed by atoms with van der Waals surface area (Å²) in [6, 6.07) is 2.45. The normalized spacial score (nSPS) is 18.0. The van der Waals surface area contributed by atoms with Crippen LogP contribution in [0, 0.1) is 0 Å². The van der Waals surface area contributed by atoms with Crippen LogP contribution in [-0.4, -0.2) is 23.5 Å². The van der Waals surface area contributed by atoms with Crippen LogP contribution in [0.25, 0.3) is 0 Å². The first-order chi connectivity index (χ1) is 9.76. The van der Waals surface area contributed by atoms with E-state index < -0.39 is 0 Å². The zero-order valence-electron chi connectivity index (χ0n) is 11.4. The number of aryl methyl sites for hydroxylation is 1. The Hall–Kier alpha value is -1.04. The highest BCUT2D eigenvalue weighted by atomic mass is 35.5. The van der Waals surface area contributed by atoms with E-state index in [1.54, 1.807) is 18.4 Å². The molecule has 0 spiro atoms. The van der Waals surface area contributed by atoms with Crippen LogP contribution in [0.4, 0.5) is 5.69 Å². The Bertz CT molecular complexity index is 581. The average molecular weight is 312 g/mol. The second-order valence-corrected chi connectivity index (χ2v) is 6.77. The summed E-state index contributed by atoms with van der Waals surface area (Å²) in [5.74, 6) is 0. The summed E-state index contributed by atoms with van der Waals surface area (Å²) < 4.78 is 7.85. The fraction of sp³-hybridized carbons (Fsp3) is 0.500. The molecule has 1 aliphatic rings. The molecule has 1 N–H and O–H groups in total. The number of nitrogens with zero attached hydrogens (tertiary/aromatic N) is 2. The van der Waals surface area contributed by atoms with Crippen molar-refractivity contribution in [2.24, 2.45) is 0 Å². The van der Waals surface area contributed by atoms with Crippen LogP contribution in [0.15, 0.2) is 18.5 Å². The number of nitrogens with one attached hydrogen (secondary N) is 1. The fourth-order valence-corrected chi connectivity index (χ4v) is 4.00. The Morgan fingerprint density at radius 2 is 2.50 bits per heavy atom. The molecule has 0 aromatic carbocycles. The van der Waals surface area contributed by atoms with E-state index >= 15 is 0 Å². The van der Waals surface area contributed by atoms with E-state index in [1.807, 2.05) is 17.1 Å². The number of hydrogen-bond donors (Lipinski definition) is 1. The molecule has 4 nitrogen and oxygen atoms in total. The highest BCUT2D eigenvalue weighted by Gasteiger charge is 2.22. The van der Waals surface area contributed by atoms with Gasteiger partial charge in [0.15, 0.2) is 0 Å². The van der Waals surface area contributed by atoms with E-state index in [2.05, 4.69) is 16.5 Å². The predicted molar refractivity (Wildman–Crippen MR) is 82.7 cm³/mol. The van der Waals surface area contributed by atoms with Gasteiger partial charge >= 0.3 is 0 Å². The van der Waals surface area contributed by atoms with Crippen molar-refractivity contribution in [2.45, 2.75) is 31.8 Å². The third-order valence-electron chi connectivity index (χ3n) is 3.58. The van der Waals surface area contributed by atoms with Gasteiger partial charge in [0, 0.05) is 18.2 Å². The molecule has 2 heterocycles. The molecule has 3 rings (SSSR count). The molecule has 2 aromatic rings. The Morgan fingerprint density at radius 1 is 1.60 bits per heavy atom. The van der Waals surface area contributed by atoms with Gasteiger partial charge in [-0.1, -0.05) is 11.6 Å². The lowest BCUT2D eigenvalue weighted by atomic mass is 9.94. The topological polar surface area (TPSA) is 39.1 Å². The molecule has 2 aromatic heterocycles. The van der Waals surface area contributed by atoms with Crippen LogP contribution in [0.5, 0.6) is 0 Å². The maximum atomic E-state index is 6.14. The van der Waals surface area contributed by atoms with Crippen LogP contribution < -0.4 is 5.32 Å². The van der Waals surface area contributed by atoms with E-state index in [0.29, 0.717) is 12.6 Å². The lowest BCUT2D eigenvalue weighted by molar-refractivity contribution is 0.183. The van der Waals surface area contributed by atoms with Gasteiger partial charge in [0.2, 0.25) is 0 Å². The van der Waals surface area contributed by atoms with E-state index in [9.17, 15) is 0 Å². The molecule has 0 fully saturated rings. The fourth-order valence-electron chi connectivity index (χ4n) is 2.62. The number of rotatable bonds is 5. The molecular formula is C14H18ClN3OS. The molecule has 1 aliphatic carbocycles. The van der Waals surface area contributed by atoms with E-state index in [1.165, 1.54) is 16.9 Å². The lowest BCUT2D eigenvalue weighted by Gasteiger charge is -2.23. The van der Waals surface area contributed by atoms with E-state index in [0.717, 1.165) is 29.4 Å². The predicted octanol–water partition coefficient (Wildman–Crippen LogP) is 3.73. The molecule has 0 bridgehead atoms. The van der Waals surface area contributed by atoms with Gasteiger partial charge in [-0.2, -0.15) is 5.10 Å². The summed E-state index contributed by atoms with van der Waals surface area (Å²) in [4.78, 5) is 1.42. The zero-order chi connectivity index (χ0) is 13.9. The number of halogens is 1. The molecule has 1 atom stereocenters.